The van der Waals surface area contributed by atoms with Gasteiger partial charge in [0.2, 0.25) is 10.0 Å². The van der Waals surface area contributed by atoms with Crippen LogP contribution in [0.2, 0.25) is 0 Å². The van der Waals surface area contributed by atoms with Crippen molar-refractivity contribution in [2.75, 3.05) is 46.0 Å². The van der Waals surface area contributed by atoms with E-state index in [-0.39, 0.29) is 0 Å². The van der Waals surface area contributed by atoms with Gasteiger partial charge >= 0.3 is 0 Å². The molecule has 1 aliphatic heterocycles. The Labute approximate surface area is 117 Å². The molecule has 0 aromatic rings. The van der Waals surface area contributed by atoms with Gasteiger partial charge in [-0.2, -0.15) is 0 Å². The lowest BCUT2D eigenvalue weighted by Crippen LogP contribution is -2.43. The van der Waals surface area contributed by atoms with Crippen LogP contribution in [0.3, 0.4) is 0 Å². The second-order valence-corrected chi connectivity index (χ2v) is 8.10. The molecule has 1 heterocycles. The van der Waals surface area contributed by atoms with Gasteiger partial charge in [0.25, 0.3) is 0 Å². The predicted octanol–water partition coefficient (Wildman–Crippen LogP) is 0.342. The van der Waals surface area contributed by atoms with Gasteiger partial charge in [0.1, 0.15) is 0 Å². The predicted molar refractivity (Wildman–Crippen MR) is 77.7 cm³/mol. The topological polar surface area (TPSA) is 52.6 Å². The molecule has 0 aromatic carbocycles. The van der Waals surface area contributed by atoms with Crippen LogP contribution >= 0.6 is 0 Å². The Bertz CT molecular complexity index is 381. The summed E-state index contributed by atoms with van der Waals surface area (Å²) in [4.78, 5) is 2.33. The van der Waals surface area contributed by atoms with Gasteiger partial charge in [-0.05, 0) is 38.6 Å². The van der Waals surface area contributed by atoms with Crippen LogP contribution in [0.25, 0.3) is 0 Å². The highest BCUT2D eigenvalue weighted by molar-refractivity contribution is 7.88. The fraction of sp³-hybridized carbons (Fsp3) is 1.00. The quantitative estimate of drug-likeness (QED) is 0.734. The Morgan fingerprint density at radius 3 is 2.68 bits per heavy atom. The Morgan fingerprint density at radius 1 is 1.32 bits per heavy atom. The summed E-state index contributed by atoms with van der Waals surface area (Å²) in [5, 5.41) is 3.51. The van der Waals surface area contributed by atoms with Gasteiger partial charge in [0, 0.05) is 38.8 Å². The molecule has 2 fully saturated rings. The van der Waals surface area contributed by atoms with Crippen molar-refractivity contribution in [3.05, 3.63) is 0 Å². The lowest BCUT2D eigenvalue weighted by atomic mass is 9.99. The number of likely N-dealkylation sites (N-methyl/N-ethyl adjacent to an activating group) is 1. The largest absolute Gasteiger partial charge is 0.313 e. The molecule has 1 saturated heterocycles. The SMILES string of the molecule is CN(CCNC1CC1)CC1CCCN(S(C)(=O)=O)C1. The molecule has 0 bridgehead atoms. The standard InChI is InChI=1S/C13H27N3O2S/c1-15(9-7-14-13-5-6-13)10-12-4-3-8-16(11-12)19(2,17)18/h12-14H,3-11H2,1-2H3. The second-order valence-electron chi connectivity index (χ2n) is 6.12. The van der Waals surface area contributed by atoms with E-state index in [9.17, 15) is 8.42 Å². The van der Waals surface area contributed by atoms with E-state index in [4.69, 9.17) is 0 Å². The zero-order valence-corrected chi connectivity index (χ0v) is 13.0. The number of nitrogens with one attached hydrogen (secondary N) is 1. The summed E-state index contributed by atoms with van der Waals surface area (Å²) in [6.07, 6.45) is 6.11. The van der Waals surface area contributed by atoms with E-state index >= 15 is 0 Å². The molecule has 1 saturated carbocycles. The molecule has 1 aliphatic carbocycles. The van der Waals surface area contributed by atoms with Crippen molar-refractivity contribution in [1.29, 1.82) is 0 Å². The normalized spacial score (nSPS) is 25.9. The average molecular weight is 289 g/mol. The van der Waals surface area contributed by atoms with Gasteiger partial charge in [-0.25, -0.2) is 12.7 Å². The molecule has 6 heteroatoms. The molecule has 0 spiro atoms. The van der Waals surface area contributed by atoms with Crippen molar-refractivity contribution in [3.63, 3.8) is 0 Å². The van der Waals surface area contributed by atoms with Gasteiger partial charge in [0.05, 0.1) is 6.26 Å². The Balaban J connectivity index is 1.68. The molecule has 1 N–H and O–H groups in total. The smallest absolute Gasteiger partial charge is 0.211 e. The first-order chi connectivity index (χ1) is 8.95. The van der Waals surface area contributed by atoms with Crippen molar-refractivity contribution >= 4 is 10.0 Å². The molecule has 0 amide bonds. The highest BCUT2D eigenvalue weighted by Gasteiger charge is 2.26. The number of piperidine rings is 1. The summed E-state index contributed by atoms with van der Waals surface area (Å²) < 4.78 is 24.8. The minimum atomic E-state index is -3.01. The van der Waals surface area contributed by atoms with Crippen molar-refractivity contribution in [1.82, 2.24) is 14.5 Å². The minimum Gasteiger partial charge on any atom is -0.313 e. The molecule has 112 valence electrons. The molecule has 1 unspecified atom stereocenters. The van der Waals surface area contributed by atoms with Crippen molar-refractivity contribution in [2.45, 2.75) is 31.7 Å². The van der Waals surface area contributed by atoms with Gasteiger partial charge in [-0.1, -0.05) is 0 Å². The maximum Gasteiger partial charge on any atom is 0.211 e. The number of hydrogen-bond acceptors (Lipinski definition) is 4. The summed E-state index contributed by atoms with van der Waals surface area (Å²) in [5.74, 6) is 0.481. The highest BCUT2D eigenvalue weighted by atomic mass is 32.2. The Kier molecular flexibility index (Phi) is 5.22. The lowest BCUT2D eigenvalue weighted by Gasteiger charge is -2.33. The number of hydrogen-bond donors (Lipinski definition) is 1. The summed E-state index contributed by atoms with van der Waals surface area (Å²) in [7, 11) is -0.879. The third-order valence-corrected chi connectivity index (χ3v) is 5.29. The Morgan fingerprint density at radius 2 is 2.05 bits per heavy atom. The van der Waals surface area contributed by atoms with Crippen LogP contribution in [0.4, 0.5) is 0 Å². The number of sulfonamides is 1. The summed E-state index contributed by atoms with van der Waals surface area (Å²) >= 11 is 0. The van der Waals surface area contributed by atoms with Crippen LogP contribution in [-0.4, -0.2) is 69.7 Å². The van der Waals surface area contributed by atoms with Crippen LogP contribution in [0, 0.1) is 5.92 Å². The van der Waals surface area contributed by atoms with E-state index < -0.39 is 10.0 Å². The van der Waals surface area contributed by atoms with Gasteiger partial charge in [-0.15, -0.1) is 0 Å². The van der Waals surface area contributed by atoms with E-state index in [1.807, 2.05) is 0 Å². The van der Waals surface area contributed by atoms with Gasteiger partial charge in [-0.3, -0.25) is 0 Å². The van der Waals surface area contributed by atoms with E-state index in [1.165, 1.54) is 19.1 Å². The maximum atomic E-state index is 11.6. The Hall–Kier alpha value is -0.170. The zero-order chi connectivity index (χ0) is 13.9. The van der Waals surface area contributed by atoms with Crippen molar-refractivity contribution in [3.8, 4) is 0 Å². The van der Waals surface area contributed by atoms with Crippen LogP contribution < -0.4 is 5.32 Å². The molecule has 5 nitrogen and oxygen atoms in total. The number of nitrogens with zero attached hydrogens (tertiary/aromatic N) is 2. The molecule has 0 radical (unpaired) electrons. The van der Waals surface area contributed by atoms with Crippen LogP contribution in [0.15, 0.2) is 0 Å². The monoisotopic (exact) mass is 289 g/mol. The van der Waals surface area contributed by atoms with Crippen molar-refractivity contribution in [2.24, 2.45) is 5.92 Å². The summed E-state index contributed by atoms with van der Waals surface area (Å²) in [5.41, 5.74) is 0. The first kappa shape index (κ1) is 15.2. The fourth-order valence-electron chi connectivity index (χ4n) is 2.76. The van der Waals surface area contributed by atoms with Crippen molar-refractivity contribution < 1.29 is 8.42 Å². The molecular weight excluding hydrogens is 262 g/mol. The second kappa shape index (κ2) is 6.52. The van der Waals surface area contributed by atoms with Crippen LogP contribution in [0.5, 0.6) is 0 Å². The van der Waals surface area contributed by atoms with Crippen LogP contribution in [-0.2, 0) is 10.0 Å². The van der Waals surface area contributed by atoms with E-state index in [1.54, 1.807) is 4.31 Å². The van der Waals surface area contributed by atoms with Gasteiger partial charge in [0.15, 0.2) is 0 Å². The molecule has 2 rings (SSSR count). The zero-order valence-electron chi connectivity index (χ0n) is 12.1. The summed E-state index contributed by atoms with van der Waals surface area (Å²) in [6.45, 7) is 4.48. The van der Waals surface area contributed by atoms with E-state index in [0.29, 0.717) is 19.0 Å². The van der Waals surface area contributed by atoms with E-state index in [0.717, 1.165) is 38.5 Å². The first-order valence-corrected chi connectivity index (χ1v) is 9.17. The fourth-order valence-corrected chi connectivity index (χ4v) is 3.70. The third-order valence-electron chi connectivity index (χ3n) is 4.02. The van der Waals surface area contributed by atoms with Gasteiger partial charge < -0.3 is 10.2 Å². The lowest BCUT2D eigenvalue weighted by molar-refractivity contribution is 0.201. The molecular formula is C13H27N3O2S. The maximum absolute atomic E-state index is 11.6. The molecule has 0 aromatic heterocycles. The molecule has 19 heavy (non-hydrogen) atoms. The molecule has 1 atom stereocenters. The summed E-state index contributed by atoms with van der Waals surface area (Å²) in [6, 6.07) is 0.767. The first-order valence-electron chi connectivity index (χ1n) is 7.32. The highest BCUT2D eigenvalue weighted by Crippen LogP contribution is 2.20. The average Bonchev–Trinajstić information content (AvgIpc) is 3.12. The van der Waals surface area contributed by atoms with Crippen LogP contribution in [0.1, 0.15) is 25.7 Å². The van der Waals surface area contributed by atoms with E-state index in [2.05, 4.69) is 17.3 Å². The number of rotatable bonds is 7. The third kappa shape index (κ3) is 5.38. The minimum absolute atomic E-state index is 0.481. The molecule has 2 aliphatic rings.